The molecular formula is C17H30N2. The van der Waals surface area contributed by atoms with E-state index in [4.69, 9.17) is 5.73 Å². The molecule has 0 saturated heterocycles. The lowest BCUT2D eigenvalue weighted by atomic mass is 10.0. The van der Waals surface area contributed by atoms with Crippen LogP contribution in [0, 0.1) is 13.8 Å². The zero-order valence-corrected chi connectivity index (χ0v) is 13.6. The van der Waals surface area contributed by atoms with Crippen LogP contribution in [-0.4, -0.2) is 17.8 Å². The molecule has 0 aliphatic carbocycles. The Kier molecular flexibility index (Phi) is 8.33. The van der Waals surface area contributed by atoms with Gasteiger partial charge in [0.15, 0.2) is 0 Å². The van der Waals surface area contributed by atoms with Crippen LogP contribution >= 0.6 is 0 Å². The van der Waals surface area contributed by atoms with Crippen molar-refractivity contribution in [2.45, 2.75) is 67.0 Å². The average molecular weight is 262 g/mol. The van der Waals surface area contributed by atoms with Crippen molar-refractivity contribution in [2.75, 3.05) is 0 Å². The van der Waals surface area contributed by atoms with Crippen molar-refractivity contribution in [3.63, 3.8) is 0 Å². The van der Waals surface area contributed by atoms with Crippen molar-refractivity contribution in [1.29, 1.82) is 0 Å². The molecule has 0 bridgehead atoms. The van der Waals surface area contributed by atoms with E-state index < -0.39 is 0 Å². The highest BCUT2D eigenvalue weighted by molar-refractivity contribution is 5.84. The molecule has 0 amide bonds. The second-order valence-electron chi connectivity index (χ2n) is 5.87. The zero-order valence-electron chi connectivity index (χ0n) is 13.6. The van der Waals surface area contributed by atoms with Crippen molar-refractivity contribution in [1.82, 2.24) is 0 Å². The highest BCUT2D eigenvalue weighted by atomic mass is 14.8. The largest absolute Gasteiger partial charge is 0.328 e. The third kappa shape index (κ3) is 10.5. The standard InChI is InChI=1S/C14H21N.C3H9N/c1-10(2)15-13(5)9-14-7-11(3)6-12(4)8-14;1-3(2)4/h6-8,10H,9H2,1-5H3;3H,4H2,1-2H3. The monoisotopic (exact) mass is 262 g/mol. The van der Waals surface area contributed by atoms with Gasteiger partial charge in [-0.1, -0.05) is 43.2 Å². The van der Waals surface area contributed by atoms with Gasteiger partial charge < -0.3 is 5.73 Å². The summed E-state index contributed by atoms with van der Waals surface area (Å²) in [5.74, 6) is 0. The highest BCUT2D eigenvalue weighted by Crippen LogP contribution is 2.10. The minimum absolute atomic E-state index is 0.333. The number of hydrogen-bond acceptors (Lipinski definition) is 2. The molecule has 1 aromatic rings. The third-order valence-corrected chi connectivity index (χ3v) is 2.22. The number of nitrogens with zero attached hydrogens (tertiary/aromatic N) is 1. The van der Waals surface area contributed by atoms with E-state index in [2.05, 4.69) is 57.8 Å². The second-order valence-corrected chi connectivity index (χ2v) is 5.87. The summed E-state index contributed by atoms with van der Waals surface area (Å²) >= 11 is 0. The fraction of sp³-hybridized carbons (Fsp3) is 0.588. The van der Waals surface area contributed by atoms with Crippen molar-refractivity contribution in [3.8, 4) is 0 Å². The predicted molar refractivity (Wildman–Crippen MR) is 87.2 cm³/mol. The van der Waals surface area contributed by atoms with Crippen LogP contribution in [0.3, 0.4) is 0 Å². The first-order chi connectivity index (χ1) is 8.70. The summed E-state index contributed by atoms with van der Waals surface area (Å²) < 4.78 is 0. The van der Waals surface area contributed by atoms with Crippen LogP contribution in [0.15, 0.2) is 23.2 Å². The van der Waals surface area contributed by atoms with Crippen LogP contribution in [-0.2, 0) is 6.42 Å². The third-order valence-electron chi connectivity index (χ3n) is 2.22. The maximum Gasteiger partial charge on any atom is 0.0442 e. The zero-order chi connectivity index (χ0) is 15.0. The lowest BCUT2D eigenvalue weighted by Crippen LogP contribution is -2.06. The van der Waals surface area contributed by atoms with Gasteiger partial charge in [0, 0.05) is 18.2 Å². The van der Waals surface area contributed by atoms with Crippen molar-refractivity contribution in [2.24, 2.45) is 10.7 Å². The second kappa shape index (κ2) is 8.87. The Morgan fingerprint density at radius 3 is 1.84 bits per heavy atom. The number of aryl methyl sites for hydroxylation is 2. The van der Waals surface area contributed by atoms with Gasteiger partial charge in [0.25, 0.3) is 0 Å². The average Bonchev–Trinajstić information content (AvgIpc) is 2.11. The van der Waals surface area contributed by atoms with Gasteiger partial charge in [-0.2, -0.15) is 0 Å². The van der Waals surface area contributed by atoms with E-state index in [0.29, 0.717) is 12.1 Å². The molecular weight excluding hydrogens is 232 g/mol. The van der Waals surface area contributed by atoms with Gasteiger partial charge >= 0.3 is 0 Å². The first-order valence-corrected chi connectivity index (χ1v) is 7.06. The Hall–Kier alpha value is -1.15. The molecule has 0 unspecified atom stereocenters. The summed E-state index contributed by atoms with van der Waals surface area (Å²) in [5, 5.41) is 0. The minimum Gasteiger partial charge on any atom is -0.328 e. The summed E-state index contributed by atoms with van der Waals surface area (Å²) in [5.41, 5.74) is 10.4. The Morgan fingerprint density at radius 1 is 1.05 bits per heavy atom. The molecule has 2 N–H and O–H groups in total. The summed E-state index contributed by atoms with van der Waals surface area (Å²) in [6, 6.07) is 7.42. The molecule has 0 spiro atoms. The summed E-state index contributed by atoms with van der Waals surface area (Å²) in [7, 11) is 0. The van der Waals surface area contributed by atoms with Gasteiger partial charge in [-0.15, -0.1) is 0 Å². The van der Waals surface area contributed by atoms with Gasteiger partial charge in [0.05, 0.1) is 0 Å². The summed E-state index contributed by atoms with van der Waals surface area (Å²) in [4.78, 5) is 4.55. The number of benzene rings is 1. The van der Waals surface area contributed by atoms with E-state index in [1.165, 1.54) is 22.4 Å². The summed E-state index contributed by atoms with van der Waals surface area (Å²) in [6.45, 7) is 14.5. The first kappa shape index (κ1) is 17.8. The maximum atomic E-state index is 5.11. The fourth-order valence-electron chi connectivity index (χ4n) is 1.95. The van der Waals surface area contributed by atoms with E-state index in [1.807, 2.05) is 13.8 Å². The van der Waals surface area contributed by atoms with E-state index >= 15 is 0 Å². The topological polar surface area (TPSA) is 38.4 Å². The molecule has 0 heterocycles. The Morgan fingerprint density at radius 2 is 1.47 bits per heavy atom. The normalized spacial score (nSPS) is 11.6. The number of aliphatic imine (C=N–C) groups is 1. The molecule has 1 aromatic carbocycles. The van der Waals surface area contributed by atoms with Gasteiger partial charge in [-0.05, 0) is 46.2 Å². The molecule has 2 heteroatoms. The van der Waals surface area contributed by atoms with Crippen molar-refractivity contribution < 1.29 is 0 Å². The SMILES string of the molecule is CC(C)N.CC(Cc1cc(C)cc(C)c1)=NC(C)C. The van der Waals surface area contributed by atoms with Gasteiger partial charge in [0.1, 0.15) is 0 Å². The van der Waals surface area contributed by atoms with Crippen LogP contribution in [0.25, 0.3) is 0 Å². The molecule has 0 aromatic heterocycles. The summed E-state index contributed by atoms with van der Waals surface area (Å²) in [6.07, 6.45) is 0.973. The molecule has 2 nitrogen and oxygen atoms in total. The van der Waals surface area contributed by atoms with E-state index in [0.717, 1.165) is 6.42 Å². The maximum absolute atomic E-state index is 5.11. The number of rotatable bonds is 3. The first-order valence-electron chi connectivity index (χ1n) is 7.06. The van der Waals surface area contributed by atoms with Crippen LogP contribution in [0.5, 0.6) is 0 Å². The molecule has 0 saturated carbocycles. The lowest BCUT2D eigenvalue weighted by molar-refractivity contribution is 0.831. The molecule has 0 aliphatic heterocycles. The van der Waals surface area contributed by atoms with Crippen LogP contribution < -0.4 is 5.73 Å². The molecule has 108 valence electrons. The van der Waals surface area contributed by atoms with Crippen LogP contribution in [0.2, 0.25) is 0 Å². The molecule has 1 rings (SSSR count). The van der Waals surface area contributed by atoms with Crippen molar-refractivity contribution >= 4 is 5.71 Å². The van der Waals surface area contributed by atoms with Gasteiger partial charge in [-0.3, -0.25) is 4.99 Å². The van der Waals surface area contributed by atoms with Crippen LogP contribution in [0.1, 0.15) is 51.3 Å². The minimum atomic E-state index is 0.333. The lowest BCUT2D eigenvalue weighted by Gasteiger charge is -2.06. The van der Waals surface area contributed by atoms with Gasteiger partial charge in [0.2, 0.25) is 0 Å². The fourth-order valence-corrected chi connectivity index (χ4v) is 1.95. The highest BCUT2D eigenvalue weighted by Gasteiger charge is 1.99. The number of nitrogens with two attached hydrogens (primary N) is 1. The molecule has 0 radical (unpaired) electrons. The Labute approximate surface area is 119 Å². The van der Waals surface area contributed by atoms with E-state index in [1.54, 1.807) is 0 Å². The van der Waals surface area contributed by atoms with Gasteiger partial charge in [-0.25, -0.2) is 0 Å². The smallest absolute Gasteiger partial charge is 0.0442 e. The van der Waals surface area contributed by atoms with Crippen molar-refractivity contribution in [3.05, 3.63) is 34.9 Å². The Bertz CT molecular complexity index is 381. The van der Waals surface area contributed by atoms with Crippen LogP contribution in [0.4, 0.5) is 0 Å². The Balaban J connectivity index is 0.000000711. The molecule has 0 atom stereocenters. The van der Waals surface area contributed by atoms with E-state index in [-0.39, 0.29) is 0 Å². The molecule has 19 heavy (non-hydrogen) atoms. The predicted octanol–water partition coefficient (Wildman–Crippen LogP) is 4.07. The molecule has 0 aliphatic rings. The molecule has 0 fully saturated rings. The van der Waals surface area contributed by atoms with E-state index in [9.17, 15) is 0 Å². The quantitative estimate of drug-likeness (QED) is 0.819. The number of hydrogen-bond donors (Lipinski definition) is 1.